The Labute approximate surface area is 113 Å². The maximum absolute atomic E-state index is 12.2. The molecule has 102 valence electrons. The molecule has 1 N–H and O–H groups in total. The number of carbonyl (C=O) groups excluding carboxylic acids is 2. The largest absolute Gasteiger partial charge is 0.343 e. The lowest BCUT2D eigenvalue weighted by atomic mass is 10.0. The highest BCUT2D eigenvalue weighted by Gasteiger charge is 2.38. The average Bonchev–Trinajstić information content (AvgIpc) is 2.38. The third kappa shape index (κ3) is 2.78. The highest BCUT2D eigenvalue weighted by molar-refractivity contribution is 5.96. The van der Waals surface area contributed by atoms with Crippen LogP contribution in [0.4, 0.5) is 0 Å². The zero-order valence-corrected chi connectivity index (χ0v) is 11.6. The van der Waals surface area contributed by atoms with Gasteiger partial charge in [-0.1, -0.05) is 30.3 Å². The van der Waals surface area contributed by atoms with E-state index in [-0.39, 0.29) is 17.9 Å². The van der Waals surface area contributed by atoms with Crippen molar-refractivity contribution in [2.24, 2.45) is 0 Å². The van der Waals surface area contributed by atoms with Crippen molar-refractivity contribution >= 4 is 11.8 Å². The molecule has 0 aliphatic carbocycles. The van der Waals surface area contributed by atoms with E-state index in [4.69, 9.17) is 0 Å². The van der Waals surface area contributed by atoms with Crippen LogP contribution in [0.1, 0.15) is 26.3 Å². The number of amides is 2. The molecule has 4 nitrogen and oxygen atoms in total. The van der Waals surface area contributed by atoms with Gasteiger partial charge < -0.3 is 10.2 Å². The molecule has 0 aromatic heterocycles. The molecule has 1 fully saturated rings. The van der Waals surface area contributed by atoms with Crippen molar-refractivity contribution in [2.75, 3.05) is 0 Å². The molecule has 1 aliphatic rings. The van der Waals surface area contributed by atoms with Gasteiger partial charge in [0.15, 0.2) is 0 Å². The van der Waals surface area contributed by atoms with Gasteiger partial charge in [0.25, 0.3) is 0 Å². The summed E-state index contributed by atoms with van der Waals surface area (Å²) in [5.74, 6) is -0.0810. The monoisotopic (exact) mass is 260 g/mol. The van der Waals surface area contributed by atoms with Gasteiger partial charge in [-0.3, -0.25) is 9.59 Å². The van der Waals surface area contributed by atoms with Crippen LogP contribution in [0, 0.1) is 0 Å². The summed E-state index contributed by atoms with van der Waals surface area (Å²) in [5.41, 5.74) is 1.17. The minimum Gasteiger partial charge on any atom is -0.343 e. The second-order valence-corrected chi connectivity index (χ2v) is 5.19. The van der Waals surface area contributed by atoms with Crippen molar-refractivity contribution in [3.63, 3.8) is 0 Å². The predicted octanol–water partition coefficient (Wildman–Crippen LogP) is 1.35. The molecule has 3 atom stereocenters. The number of hydrogen-bond acceptors (Lipinski definition) is 2. The predicted molar refractivity (Wildman–Crippen MR) is 73.5 cm³/mol. The lowest BCUT2D eigenvalue weighted by molar-refractivity contribution is -0.150. The van der Waals surface area contributed by atoms with Crippen molar-refractivity contribution in [1.82, 2.24) is 10.2 Å². The van der Waals surface area contributed by atoms with Crippen molar-refractivity contribution in [1.29, 1.82) is 0 Å². The van der Waals surface area contributed by atoms with Crippen molar-refractivity contribution in [3.8, 4) is 0 Å². The highest BCUT2D eigenvalue weighted by Crippen LogP contribution is 2.17. The van der Waals surface area contributed by atoms with Gasteiger partial charge in [0.2, 0.25) is 11.8 Å². The maximum atomic E-state index is 12.2. The van der Waals surface area contributed by atoms with E-state index in [1.54, 1.807) is 18.7 Å². The number of hydrogen-bond donors (Lipinski definition) is 1. The molecule has 19 heavy (non-hydrogen) atoms. The first-order chi connectivity index (χ1) is 9.00. The zero-order valence-electron chi connectivity index (χ0n) is 11.6. The topological polar surface area (TPSA) is 49.4 Å². The van der Waals surface area contributed by atoms with Crippen LogP contribution in [0.3, 0.4) is 0 Å². The molecule has 0 spiro atoms. The summed E-state index contributed by atoms with van der Waals surface area (Å²) >= 11 is 0. The smallest absolute Gasteiger partial charge is 0.245 e. The Balaban J connectivity index is 2.14. The molecule has 2 amide bonds. The summed E-state index contributed by atoms with van der Waals surface area (Å²) in [6.45, 7) is 5.50. The first-order valence-corrected chi connectivity index (χ1v) is 6.67. The lowest BCUT2D eigenvalue weighted by Crippen LogP contribution is -2.63. The van der Waals surface area contributed by atoms with Crippen LogP contribution < -0.4 is 5.32 Å². The van der Waals surface area contributed by atoms with E-state index >= 15 is 0 Å². The van der Waals surface area contributed by atoms with E-state index in [9.17, 15) is 9.59 Å². The highest BCUT2D eigenvalue weighted by atomic mass is 16.2. The molecule has 2 rings (SSSR count). The lowest BCUT2D eigenvalue weighted by Gasteiger charge is -2.40. The first-order valence-electron chi connectivity index (χ1n) is 6.67. The zero-order chi connectivity index (χ0) is 14.0. The second-order valence-electron chi connectivity index (χ2n) is 5.19. The summed E-state index contributed by atoms with van der Waals surface area (Å²) in [5, 5.41) is 2.70. The Morgan fingerprint density at radius 1 is 1.21 bits per heavy atom. The van der Waals surface area contributed by atoms with Crippen LogP contribution in [0.15, 0.2) is 30.3 Å². The third-order valence-corrected chi connectivity index (χ3v) is 3.63. The molecular formula is C15H20N2O2. The van der Waals surface area contributed by atoms with Crippen molar-refractivity contribution in [2.45, 2.75) is 45.3 Å². The average molecular weight is 260 g/mol. The minimum absolute atomic E-state index is 0.00414. The van der Waals surface area contributed by atoms with Crippen molar-refractivity contribution in [3.05, 3.63) is 35.9 Å². The van der Waals surface area contributed by atoms with Crippen LogP contribution in [0.2, 0.25) is 0 Å². The first kappa shape index (κ1) is 13.6. The van der Waals surface area contributed by atoms with E-state index < -0.39 is 12.1 Å². The summed E-state index contributed by atoms with van der Waals surface area (Å²) in [4.78, 5) is 25.7. The van der Waals surface area contributed by atoms with E-state index in [0.29, 0.717) is 0 Å². The van der Waals surface area contributed by atoms with Gasteiger partial charge in [-0.25, -0.2) is 0 Å². The molecule has 1 aromatic carbocycles. The van der Waals surface area contributed by atoms with Crippen LogP contribution in [0.25, 0.3) is 0 Å². The molecule has 4 heteroatoms. The quantitative estimate of drug-likeness (QED) is 0.892. The summed E-state index contributed by atoms with van der Waals surface area (Å²) in [6, 6.07) is 9.21. The molecule has 0 saturated carbocycles. The Morgan fingerprint density at radius 3 is 2.47 bits per heavy atom. The fourth-order valence-electron chi connectivity index (χ4n) is 2.59. The number of benzene rings is 1. The molecular weight excluding hydrogens is 240 g/mol. The standard InChI is InChI=1S/C15H20N2O2/c1-10(9-13-7-5-4-6-8-13)17-12(3)14(18)16-11(2)15(17)19/h4-8,10-12H,9H2,1-3H3,(H,16,18). The minimum atomic E-state index is -0.429. The van der Waals surface area contributed by atoms with Gasteiger partial charge >= 0.3 is 0 Å². The van der Waals surface area contributed by atoms with Gasteiger partial charge in [-0.2, -0.15) is 0 Å². The Bertz CT molecular complexity index is 472. The number of nitrogens with one attached hydrogen (secondary N) is 1. The summed E-state index contributed by atoms with van der Waals surface area (Å²) < 4.78 is 0. The van der Waals surface area contributed by atoms with Gasteiger partial charge in [0, 0.05) is 6.04 Å². The third-order valence-electron chi connectivity index (χ3n) is 3.63. The Kier molecular flexibility index (Phi) is 3.88. The second kappa shape index (κ2) is 5.43. The number of nitrogens with zero attached hydrogens (tertiary/aromatic N) is 1. The maximum Gasteiger partial charge on any atom is 0.245 e. The number of carbonyl (C=O) groups is 2. The molecule has 3 unspecified atom stereocenters. The SMILES string of the molecule is CC1NC(=O)C(C)N(C(C)Cc2ccccc2)C1=O. The molecule has 0 bridgehead atoms. The molecule has 1 aliphatic heterocycles. The normalized spacial score (nSPS) is 25.1. The van der Waals surface area contributed by atoms with Crippen LogP contribution >= 0.6 is 0 Å². The summed E-state index contributed by atoms with van der Waals surface area (Å²) in [7, 11) is 0. The molecule has 1 heterocycles. The fraction of sp³-hybridized carbons (Fsp3) is 0.467. The van der Waals surface area contributed by atoms with Crippen molar-refractivity contribution < 1.29 is 9.59 Å². The van der Waals surface area contributed by atoms with Gasteiger partial charge in [0.05, 0.1) is 0 Å². The van der Waals surface area contributed by atoms with Crippen LogP contribution in [0.5, 0.6) is 0 Å². The van der Waals surface area contributed by atoms with Crippen LogP contribution in [-0.2, 0) is 16.0 Å². The molecule has 0 radical (unpaired) electrons. The molecule has 1 saturated heterocycles. The van der Waals surface area contributed by atoms with Crippen LogP contribution in [-0.4, -0.2) is 34.8 Å². The van der Waals surface area contributed by atoms with Gasteiger partial charge in [-0.05, 0) is 32.8 Å². The van der Waals surface area contributed by atoms with Gasteiger partial charge in [0.1, 0.15) is 12.1 Å². The number of piperazine rings is 1. The Hall–Kier alpha value is -1.84. The fourth-order valence-corrected chi connectivity index (χ4v) is 2.59. The molecule has 1 aromatic rings. The Morgan fingerprint density at radius 2 is 1.84 bits per heavy atom. The van der Waals surface area contributed by atoms with E-state index in [2.05, 4.69) is 5.32 Å². The van der Waals surface area contributed by atoms with E-state index in [1.807, 2.05) is 37.3 Å². The number of rotatable bonds is 3. The van der Waals surface area contributed by atoms with E-state index in [1.165, 1.54) is 5.56 Å². The van der Waals surface area contributed by atoms with Gasteiger partial charge in [-0.15, -0.1) is 0 Å². The van der Waals surface area contributed by atoms with E-state index in [0.717, 1.165) is 6.42 Å². The summed E-state index contributed by atoms with van der Waals surface area (Å²) in [6.07, 6.45) is 0.761.